The molecular formula is C12H11BrFN3S. The predicted octanol–water partition coefficient (Wildman–Crippen LogP) is 4.06. The van der Waals surface area contributed by atoms with E-state index in [1.54, 1.807) is 6.07 Å². The van der Waals surface area contributed by atoms with Crippen LogP contribution in [0.25, 0.3) is 11.5 Å². The van der Waals surface area contributed by atoms with Crippen LogP contribution in [0, 0.1) is 10.5 Å². The van der Waals surface area contributed by atoms with Crippen molar-refractivity contribution < 1.29 is 4.39 Å². The van der Waals surface area contributed by atoms with Gasteiger partial charge in [0.15, 0.2) is 5.82 Å². The lowest BCUT2D eigenvalue weighted by Gasteiger charge is -2.07. The highest BCUT2D eigenvalue weighted by atomic mass is 79.9. The van der Waals surface area contributed by atoms with Gasteiger partial charge in [-0.3, -0.25) is 0 Å². The summed E-state index contributed by atoms with van der Waals surface area (Å²) in [4.78, 5) is 11.4. The Morgan fingerprint density at radius 2 is 2.22 bits per heavy atom. The van der Waals surface area contributed by atoms with Gasteiger partial charge in [0, 0.05) is 5.69 Å². The summed E-state index contributed by atoms with van der Waals surface area (Å²) in [6.07, 6.45) is 3.01. The van der Waals surface area contributed by atoms with Crippen LogP contribution in [0.15, 0.2) is 22.8 Å². The maximum atomic E-state index is 12.8. The molecule has 0 amide bonds. The molecule has 18 heavy (non-hydrogen) atoms. The van der Waals surface area contributed by atoms with Crippen LogP contribution in [0.4, 0.5) is 4.39 Å². The zero-order valence-electron chi connectivity index (χ0n) is 9.70. The molecule has 0 saturated heterocycles. The number of pyridine rings is 1. The second-order valence-corrected chi connectivity index (χ2v) is 4.97. The monoisotopic (exact) mass is 327 g/mol. The van der Waals surface area contributed by atoms with Crippen molar-refractivity contribution >= 4 is 28.1 Å². The first kappa shape index (κ1) is 13.3. The molecule has 0 radical (unpaired) electrons. The molecule has 0 aliphatic carbocycles. The van der Waals surface area contributed by atoms with Crippen LogP contribution in [-0.4, -0.2) is 15.0 Å². The molecule has 2 rings (SSSR count). The number of hydrogen-bond acceptors (Lipinski definition) is 3. The maximum absolute atomic E-state index is 12.8. The summed E-state index contributed by atoms with van der Waals surface area (Å²) < 4.78 is 14.1. The lowest BCUT2D eigenvalue weighted by molar-refractivity contribution is 0.621. The highest BCUT2D eigenvalue weighted by Gasteiger charge is 2.08. The molecule has 0 saturated carbocycles. The molecule has 0 spiro atoms. The van der Waals surface area contributed by atoms with Gasteiger partial charge in [-0.05, 0) is 34.5 Å². The van der Waals surface area contributed by atoms with Crippen LogP contribution >= 0.6 is 28.1 Å². The van der Waals surface area contributed by atoms with Gasteiger partial charge >= 0.3 is 0 Å². The molecule has 0 atom stereocenters. The molecule has 6 heteroatoms. The average Bonchev–Trinajstić information content (AvgIpc) is 2.36. The Hall–Kier alpha value is -1.14. The minimum absolute atomic E-state index is 0.372. The third kappa shape index (κ3) is 2.81. The number of H-pyrrole nitrogens is 1. The summed E-state index contributed by atoms with van der Waals surface area (Å²) in [7, 11) is 0. The molecule has 0 aliphatic heterocycles. The molecular weight excluding hydrogens is 317 g/mol. The van der Waals surface area contributed by atoms with E-state index in [4.69, 9.17) is 12.2 Å². The van der Waals surface area contributed by atoms with Gasteiger partial charge in [-0.1, -0.05) is 25.6 Å². The number of nitrogens with zero attached hydrogens (tertiary/aromatic N) is 2. The summed E-state index contributed by atoms with van der Waals surface area (Å²) in [6, 6.07) is 2.93. The summed E-state index contributed by atoms with van der Waals surface area (Å²) >= 11 is 8.61. The van der Waals surface area contributed by atoms with Crippen molar-refractivity contribution in [2.45, 2.75) is 19.8 Å². The third-order valence-corrected chi connectivity index (χ3v) is 3.82. The van der Waals surface area contributed by atoms with E-state index < -0.39 is 0 Å². The van der Waals surface area contributed by atoms with E-state index in [-0.39, 0.29) is 5.82 Å². The molecule has 0 fully saturated rings. The summed E-state index contributed by atoms with van der Waals surface area (Å²) in [6.45, 7) is 2.08. The zero-order chi connectivity index (χ0) is 13.1. The van der Waals surface area contributed by atoms with Gasteiger partial charge in [0.25, 0.3) is 0 Å². The average molecular weight is 328 g/mol. The van der Waals surface area contributed by atoms with E-state index in [0.717, 1.165) is 29.2 Å². The smallest absolute Gasteiger partial charge is 0.157 e. The number of aromatic amines is 1. The Kier molecular flexibility index (Phi) is 4.19. The Morgan fingerprint density at radius 3 is 2.83 bits per heavy atom. The van der Waals surface area contributed by atoms with Crippen LogP contribution in [0.2, 0.25) is 0 Å². The predicted molar refractivity (Wildman–Crippen MR) is 74.3 cm³/mol. The first-order valence-electron chi connectivity index (χ1n) is 5.52. The molecule has 0 aliphatic rings. The van der Waals surface area contributed by atoms with Gasteiger partial charge in [0.05, 0.1) is 10.7 Å². The number of rotatable bonds is 3. The Bertz CT molecular complexity index is 610. The van der Waals surface area contributed by atoms with Crippen molar-refractivity contribution in [3.63, 3.8) is 0 Å². The minimum atomic E-state index is -0.372. The van der Waals surface area contributed by atoms with Crippen molar-refractivity contribution in [2.24, 2.45) is 0 Å². The highest BCUT2D eigenvalue weighted by molar-refractivity contribution is 9.10. The fourth-order valence-electron chi connectivity index (χ4n) is 1.56. The number of hydrogen-bond donors (Lipinski definition) is 1. The van der Waals surface area contributed by atoms with Crippen LogP contribution < -0.4 is 0 Å². The van der Waals surface area contributed by atoms with Crippen molar-refractivity contribution in [1.29, 1.82) is 0 Å². The molecule has 0 bridgehead atoms. The van der Waals surface area contributed by atoms with Crippen molar-refractivity contribution in [3.05, 3.63) is 39.0 Å². The lowest BCUT2D eigenvalue weighted by atomic mass is 10.2. The topological polar surface area (TPSA) is 41.6 Å². The van der Waals surface area contributed by atoms with E-state index in [1.807, 2.05) is 0 Å². The highest BCUT2D eigenvalue weighted by Crippen LogP contribution is 2.21. The molecule has 1 N–H and O–H groups in total. The van der Waals surface area contributed by atoms with E-state index in [0.29, 0.717) is 16.2 Å². The van der Waals surface area contributed by atoms with Crippen LogP contribution in [0.1, 0.15) is 19.0 Å². The Balaban J connectivity index is 2.51. The molecule has 0 unspecified atom stereocenters. The number of aryl methyl sites for hydroxylation is 1. The minimum Gasteiger partial charge on any atom is -0.341 e. The van der Waals surface area contributed by atoms with Gasteiger partial charge in [0.2, 0.25) is 0 Å². The fraction of sp³-hybridized carbons (Fsp3) is 0.250. The summed E-state index contributed by atoms with van der Waals surface area (Å²) in [5, 5.41) is 0. The fourth-order valence-corrected chi connectivity index (χ4v) is 2.17. The standard InChI is InChI=1S/C12H11BrFN3S/c1-2-3-8-10(13)12(18)17-11(16-8)9-5-4-7(14)6-15-9/h4-6H,2-3H2,1H3,(H,16,17,18). The van der Waals surface area contributed by atoms with Crippen molar-refractivity contribution in [3.8, 4) is 11.5 Å². The number of nitrogens with one attached hydrogen (secondary N) is 1. The van der Waals surface area contributed by atoms with E-state index >= 15 is 0 Å². The van der Waals surface area contributed by atoms with E-state index in [1.165, 1.54) is 6.07 Å². The number of halogens is 2. The third-order valence-electron chi connectivity index (χ3n) is 2.41. The zero-order valence-corrected chi connectivity index (χ0v) is 12.1. The quantitative estimate of drug-likeness (QED) is 0.864. The number of aromatic nitrogens is 3. The molecule has 2 aromatic rings. The molecule has 2 heterocycles. The second-order valence-electron chi connectivity index (χ2n) is 3.79. The normalized spacial score (nSPS) is 10.6. The molecule has 3 nitrogen and oxygen atoms in total. The van der Waals surface area contributed by atoms with Crippen LogP contribution in [0.3, 0.4) is 0 Å². The largest absolute Gasteiger partial charge is 0.341 e. The Morgan fingerprint density at radius 1 is 1.44 bits per heavy atom. The van der Waals surface area contributed by atoms with E-state index in [2.05, 4.69) is 37.8 Å². The first-order chi connectivity index (χ1) is 8.61. The maximum Gasteiger partial charge on any atom is 0.157 e. The van der Waals surface area contributed by atoms with Crippen LogP contribution in [0.5, 0.6) is 0 Å². The van der Waals surface area contributed by atoms with Gasteiger partial charge in [-0.2, -0.15) is 0 Å². The van der Waals surface area contributed by atoms with E-state index in [9.17, 15) is 4.39 Å². The SMILES string of the molecule is CCCc1[nH]c(-c2ccc(F)cn2)nc(=S)c1Br. The summed E-state index contributed by atoms with van der Waals surface area (Å²) in [5.74, 6) is 0.190. The van der Waals surface area contributed by atoms with Gasteiger partial charge in [-0.25, -0.2) is 14.4 Å². The Labute approximate surface area is 118 Å². The van der Waals surface area contributed by atoms with Crippen molar-refractivity contribution in [1.82, 2.24) is 15.0 Å². The molecule has 2 aromatic heterocycles. The van der Waals surface area contributed by atoms with Gasteiger partial charge in [-0.15, -0.1) is 0 Å². The summed E-state index contributed by atoms with van der Waals surface area (Å²) in [5.41, 5.74) is 1.56. The molecule has 0 aromatic carbocycles. The lowest BCUT2D eigenvalue weighted by Crippen LogP contribution is -1.99. The second kappa shape index (κ2) is 5.67. The van der Waals surface area contributed by atoms with Gasteiger partial charge in [0.1, 0.15) is 16.2 Å². The van der Waals surface area contributed by atoms with Crippen LogP contribution in [-0.2, 0) is 6.42 Å². The van der Waals surface area contributed by atoms with Crippen molar-refractivity contribution in [2.75, 3.05) is 0 Å². The molecule has 94 valence electrons. The van der Waals surface area contributed by atoms with Gasteiger partial charge < -0.3 is 4.98 Å². The first-order valence-corrected chi connectivity index (χ1v) is 6.72.